The number of aryl methyl sites for hydroxylation is 2. The third-order valence-corrected chi connectivity index (χ3v) is 4.01. The van der Waals surface area contributed by atoms with Gasteiger partial charge in [0.15, 0.2) is 0 Å². The summed E-state index contributed by atoms with van der Waals surface area (Å²) in [5.74, 6) is 0.0258. The number of nitrogens with one attached hydrogen (secondary N) is 2. The average molecular weight is 323 g/mol. The predicted molar refractivity (Wildman–Crippen MR) is 95.3 cm³/mol. The maximum atomic E-state index is 12.2. The van der Waals surface area contributed by atoms with Gasteiger partial charge in [-0.15, -0.1) is 0 Å². The zero-order chi connectivity index (χ0) is 17.1. The van der Waals surface area contributed by atoms with E-state index in [9.17, 15) is 9.59 Å². The zero-order valence-corrected chi connectivity index (χ0v) is 13.9. The number of hydrogen-bond donors (Lipinski definition) is 2. The van der Waals surface area contributed by atoms with E-state index in [-0.39, 0.29) is 18.0 Å². The van der Waals surface area contributed by atoms with Crippen molar-refractivity contribution in [1.82, 2.24) is 5.32 Å². The lowest BCUT2D eigenvalue weighted by molar-refractivity contribution is -0.117. The van der Waals surface area contributed by atoms with E-state index in [0.717, 1.165) is 22.5 Å². The number of amides is 3. The fraction of sp³-hybridized carbons (Fsp3) is 0.263. The highest BCUT2D eigenvalue weighted by Gasteiger charge is 2.31. The van der Waals surface area contributed by atoms with Crippen LogP contribution < -0.4 is 15.5 Å². The number of carbonyl (C=O) groups excluding carboxylic acids is 2. The molecule has 1 aliphatic rings. The molecule has 0 bridgehead atoms. The third kappa shape index (κ3) is 3.74. The molecule has 3 amide bonds. The molecular formula is C19H21N3O2. The Bertz CT molecular complexity index is 738. The first-order valence-corrected chi connectivity index (χ1v) is 8.02. The van der Waals surface area contributed by atoms with Gasteiger partial charge in [0, 0.05) is 24.3 Å². The second-order valence-corrected chi connectivity index (χ2v) is 6.22. The van der Waals surface area contributed by atoms with Gasteiger partial charge in [-0.05, 0) is 49.2 Å². The molecule has 1 heterocycles. The Morgan fingerprint density at radius 3 is 2.42 bits per heavy atom. The molecule has 1 fully saturated rings. The van der Waals surface area contributed by atoms with E-state index in [1.807, 2.05) is 56.3 Å². The summed E-state index contributed by atoms with van der Waals surface area (Å²) in [5, 5.41) is 5.72. The average Bonchev–Trinajstić information content (AvgIpc) is 2.87. The van der Waals surface area contributed by atoms with Crippen molar-refractivity contribution in [2.24, 2.45) is 0 Å². The Morgan fingerprint density at radius 2 is 1.75 bits per heavy atom. The molecule has 0 aliphatic carbocycles. The molecule has 0 spiro atoms. The van der Waals surface area contributed by atoms with E-state index < -0.39 is 0 Å². The van der Waals surface area contributed by atoms with E-state index in [2.05, 4.69) is 16.7 Å². The van der Waals surface area contributed by atoms with Gasteiger partial charge in [0.25, 0.3) is 0 Å². The maximum absolute atomic E-state index is 12.2. The van der Waals surface area contributed by atoms with E-state index in [0.29, 0.717) is 13.0 Å². The normalized spacial score (nSPS) is 17.0. The van der Waals surface area contributed by atoms with Crippen LogP contribution in [0.1, 0.15) is 17.5 Å². The molecule has 2 N–H and O–H groups in total. The molecule has 1 atom stereocenters. The summed E-state index contributed by atoms with van der Waals surface area (Å²) in [6, 6.07) is 14.9. The van der Waals surface area contributed by atoms with Gasteiger partial charge in [0.2, 0.25) is 5.91 Å². The van der Waals surface area contributed by atoms with Crippen molar-refractivity contribution < 1.29 is 9.59 Å². The largest absolute Gasteiger partial charge is 0.333 e. The topological polar surface area (TPSA) is 61.4 Å². The molecule has 2 aromatic carbocycles. The van der Waals surface area contributed by atoms with Crippen LogP contribution in [0.4, 0.5) is 16.2 Å². The Balaban J connectivity index is 1.60. The maximum Gasteiger partial charge on any atom is 0.319 e. The Hall–Kier alpha value is -2.82. The summed E-state index contributed by atoms with van der Waals surface area (Å²) < 4.78 is 0. The van der Waals surface area contributed by atoms with Crippen molar-refractivity contribution in [3.8, 4) is 0 Å². The van der Waals surface area contributed by atoms with Crippen molar-refractivity contribution in [2.75, 3.05) is 16.8 Å². The van der Waals surface area contributed by atoms with Crippen molar-refractivity contribution in [2.45, 2.75) is 26.3 Å². The molecule has 1 unspecified atom stereocenters. The molecule has 5 nitrogen and oxygen atoms in total. The number of para-hydroxylation sites is 1. The Labute approximate surface area is 141 Å². The van der Waals surface area contributed by atoms with Gasteiger partial charge in [-0.2, -0.15) is 0 Å². The fourth-order valence-corrected chi connectivity index (χ4v) is 3.06. The van der Waals surface area contributed by atoms with Gasteiger partial charge in [0.1, 0.15) is 0 Å². The van der Waals surface area contributed by atoms with Crippen molar-refractivity contribution in [3.05, 3.63) is 59.7 Å². The highest BCUT2D eigenvalue weighted by molar-refractivity contribution is 5.97. The highest BCUT2D eigenvalue weighted by atomic mass is 16.2. The zero-order valence-electron chi connectivity index (χ0n) is 13.9. The standard InChI is InChI=1S/C19H21N3O2/c1-13-8-14(2)10-15(9-13)20-19(24)21-16-11-18(23)22(12-16)17-6-4-3-5-7-17/h3-10,16H,11-12H2,1-2H3,(H2,20,21,24). The van der Waals surface area contributed by atoms with Crippen LogP contribution in [0.5, 0.6) is 0 Å². The number of rotatable bonds is 3. The minimum atomic E-state index is -0.285. The van der Waals surface area contributed by atoms with Crippen LogP contribution in [0.3, 0.4) is 0 Å². The van der Waals surface area contributed by atoms with Crippen molar-refractivity contribution >= 4 is 23.3 Å². The minimum absolute atomic E-state index is 0.0258. The van der Waals surface area contributed by atoms with Gasteiger partial charge in [-0.1, -0.05) is 24.3 Å². The molecule has 124 valence electrons. The van der Waals surface area contributed by atoms with Crippen LogP contribution in [0.25, 0.3) is 0 Å². The number of benzene rings is 2. The molecular weight excluding hydrogens is 302 g/mol. The first kappa shape index (κ1) is 16.1. The SMILES string of the molecule is Cc1cc(C)cc(NC(=O)NC2CC(=O)N(c3ccccc3)C2)c1. The van der Waals surface area contributed by atoms with Crippen molar-refractivity contribution in [3.63, 3.8) is 0 Å². The molecule has 0 aromatic heterocycles. The molecule has 0 saturated carbocycles. The summed E-state index contributed by atoms with van der Waals surface area (Å²) in [4.78, 5) is 26.1. The van der Waals surface area contributed by atoms with E-state index in [4.69, 9.17) is 0 Å². The smallest absolute Gasteiger partial charge is 0.319 e. The lowest BCUT2D eigenvalue weighted by Gasteiger charge is -2.17. The Morgan fingerprint density at radius 1 is 1.08 bits per heavy atom. The minimum Gasteiger partial charge on any atom is -0.333 e. The third-order valence-electron chi connectivity index (χ3n) is 4.01. The molecule has 1 aliphatic heterocycles. The Kier molecular flexibility index (Phi) is 4.51. The van der Waals surface area contributed by atoms with Gasteiger partial charge in [0.05, 0.1) is 6.04 Å². The van der Waals surface area contributed by atoms with Crippen LogP contribution >= 0.6 is 0 Å². The number of carbonyl (C=O) groups is 2. The van der Waals surface area contributed by atoms with Crippen LogP contribution in [-0.4, -0.2) is 24.5 Å². The predicted octanol–water partition coefficient (Wildman–Crippen LogP) is 3.23. The van der Waals surface area contributed by atoms with Crippen LogP contribution in [-0.2, 0) is 4.79 Å². The van der Waals surface area contributed by atoms with Crippen molar-refractivity contribution in [1.29, 1.82) is 0 Å². The number of hydrogen-bond acceptors (Lipinski definition) is 2. The first-order valence-electron chi connectivity index (χ1n) is 8.02. The van der Waals surface area contributed by atoms with E-state index in [1.165, 1.54) is 0 Å². The van der Waals surface area contributed by atoms with Gasteiger partial charge in [-0.3, -0.25) is 4.79 Å². The number of nitrogens with zero attached hydrogens (tertiary/aromatic N) is 1. The van der Waals surface area contributed by atoms with Gasteiger partial charge in [-0.25, -0.2) is 4.79 Å². The summed E-state index contributed by atoms with van der Waals surface area (Å²) in [7, 11) is 0. The summed E-state index contributed by atoms with van der Waals surface area (Å²) in [6.45, 7) is 4.47. The van der Waals surface area contributed by atoms with E-state index >= 15 is 0 Å². The second-order valence-electron chi connectivity index (χ2n) is 6.22. The van der Waals surface area contributed by atoms with Gasteiger partial charge < -0.3 is 15.5 Å². The summed E-state index contributed by atoms with van der Waals surface area (Å²) >= 11 is 0. The molecule has 2 aromatic rings. The highest BCUT2D eigenvalue weighted by Crippen LogP contribution is 2.21. The molecule has 0 radical (unpaired) electrons. The number of anilines is 2. The quantitative estimate of drug-likeness (QED) is 0.911. The van der Waals surface area contributed by atoms with Crippen LogP contribution in [0.2, 0.25) is 0 Å². The molecule has 1 saturated heterocycles. The molecule has 5 heteroatoms. The summed E-state index contributed by atoms with van der Waals surface area (Å²) in [5.41, 5.74) is 3.81. The van der Waals surface area contributed by atoms with Crippen LogP contribution in [0.15, 0.2) is 48.5 Å². The van der Waals surface area contributed by atoms with Crippen LogP contribution in [0, 0.1) is 13.8 Å². The lowest BCUT2D eigenvalue weighted by atomic mass is 10.1. The second kappa shape index (κ2) is 6.74. The van der Waals surface area contributed by atoms with Gasteiger partial charge >= 0.3 is 6.03 Å². The van der Waals surface area contributed by atoms with E-state index in [1.54, 1.807) is 4.90 Å². The molecule has 24 heavy (non-hydrogen) atoms. The lowest BCUT2D eigenvalue weighted by Crippen LogP contribution is -2.39. The molecule has 3 rings (SSSR count). The first-order chi connectivity index (χ1) is 11.5. The number of urea groups is 1. The summed E-state index contributed by atoms with van der Waals surface area (Å²) in [6.07, 6.45) is 0.315. The fourth-order valence-electron chi connectivity index (χ4n) is 3.06. The monoisotopic (exact) mass is 323 g/mol.